The molecule has 7 heteroatoms. The van der Waals surface area contributed by atoms with E-state index in [4.69, 9.17) is 9.47 Å². The highest BCUT2D eigenvalue weighted by Crippen LogP contribution is 2.34. The van der Waals surface area contributed by atoms with Crippen LogP contribution < -0.4 is 14.8 Å². The van der Waals surface area contributed by atoms with Crippen molar-refractivity contribution >= 4 is 16.7 Å². The largest absolute Gasteiger partial charge is 0.494 e. The Labute approximate surface area is 150 Å². The minimum atomic E-state index is 0.520. The van der Waals surface area contributed by atoms with Crippen molar-refractivity contribution in [3.8, 4) is 17.2 Å². The SMILES string of the molecule is COc1cccc(OC)c1NCc1nc2ccc(-n3ccnc3)cc2[nH]1. The van der Waals surface area contributed by atoms with E-state index in [0.29, 0.717) is 6.54 Å². The van der Waals surface area contributed by atoms with Crippen molar-refractivity contribution in [2.45, 2.75) is 6.54 Å². The van der Waals surface area contributed by atoms with Gasteiger partial charge >= 0.3 is 0 Å². The second kappa shape index (κ2) is 6.79. The van der Waals surface area contributed by atoms with Gasteiger partial charge in [0.1, 0.15) is 23.0 Å². The molecule has 4 aromatic rings. The van der Waals surface area contributed by atoms with E-state index in [1.54, 1.807) is 26.7 Å². The molecule has 0 radical (unpaired) electrons. The van der Waals surface area contributed by atoms with Crippen LogP contribution in [0, 0.1) is 0 Å². The zero-order chi connectivity index (χ0) is 17.9. The summed E-state index contributed by atoms with van der Waals surface area (Å²) in [6.07, 6.45) is 5.44. The lowest BCUT2D eigenvalue weighted by molar-refractivity contribution is 0.397. The fourth-order valence-corrected chi connectivity index (χ4v) is 2.90. The number of para-hydroxylation sites is 1. The first-order chi connectivity index (χ1) is 12.8. The molecule has 0 bridgehead atoms. The molecule has 132 valence electrons. The summed E-state index contributed by atoms with van der Waals surface area (Å²) in [7, 11) is 3.28. The quantitative estimate of drug-likeness (QED) is 0.558. The molecule has 0 fully saturated rings. The van der Waals surface area contributed by atoms with E-state index in [0.717, 1.165) is 39.7 Å². The van der Waals surface area contributed by atoms with Crippen molar-refractivity contribution in [3.05, 3.63) is 60.9 Å². The highest BCUT2D eigenvalue weighted by atomic mass is 16.5. The van der Waals surface area contributed by atoms with E-state index in [-0.39, 0.29) is 0 Å². The smallest absolute Gasteiger partial charge is 0.145 e. The molecule has 2 heterocycles. The fourth-order valence-electron chi connectivity index (χ4n) is 2.90. The van der Waals surface area contributed by atoms with Gasteiger partial charge in [0.25, 0.3) is 0 Å². The monoisotopic (exact) mass is 349 g/mol. The first-order valence-electron chi connectivity index (χ1n) is 8.20. The molecule has 2 N–H and O–H groups in total. The molecular formula is C19H19N5O2. The summed E-state index contributed by atoms with van der Waals surface area (Å²) in [5.41, 5.74) is 3.72. The zero-order valence-electron chi connectivity index (χ0n) is 14.6. The Bertz CT molecular complexity index is 1000. The number of anilines is 1. The van der Waals surface area contributed by atoms with Gasteiger partial charge in [0.15, 0.2) is 0 Å². The van der Waals surface area contributed by atoms with E-state index in [2.05, 4.69) is 26.3 Å². The van der Waals surface area contributed by atoms with Crippen LogP contribution in [0.1, 0.15) is 5.82 Å². The van der Waals surface area contributed by atoms with Crippen LogP contribution in [-0.2, 0) is 6.54 Å². The number of methoxy groups -OCH3 is 2. The average molecular weight is 349 g/mol. The summed E-state index contributed by atoms with van der Waals surface area (Å²) < 4.78 is 12.8. The number of hydrogen-bond donors (Lipinski definition) is 2. The summed E-state index contributed by atoms with van der Waals surface area (Å²) in [4.78, 5) is 12.1. The number of rotatable bonds is 6. The highest BCUT2D eigenvalue weighted by molar-refractivity contribution is 5.77. The molecule has 0 aliphatic carbocycles. The number of benzene rings is 2. The molecule has 2 aromatic carbocycles. The van der Waals surface area contributed by atoms with E-state index >= 15 is 0 Å². The second-order valence-corrected chi connectivity index (χ2v) is 5.75. The van der Waals surface area contributed by atoms with Gasteiger partial charge in [-0.15, -0.1) is 0 Å². The first kappa shape index (κ1) is 16.0. The van der Waals surface area contributed by atoms with Crippen LogP contribution in [0.15, 0.2) is 55.1 Å². The van der Waals surface area contributed by atoms with E-state index in [1.165, 1.54) is 0 Å². The summed E-state index contributed by atoms with van der Waals surface area (Å²) >= 11 is 0. The third kappa shape index (κ3) is 2.95. The standard InChI is InChI=1S/C19H19N5O2/c1-25-16-4-3-5-17(26-2)19(16)21-11-18-22-14-7-6-13(10-15(14)23-18)24-9-8-20-12-24/h3-10,12,21H,11H2,1-2H3,(H,22,23). The van der Waals surface area contributed by atoms with Gasteiger partial charge in [-0.2, -0.15) is 0 Å². The fraction of sp³-hybridized carbons (Fsp3) is 0.158. The third-order valence-electron chi connectivity index (χ3n) is 4.18. The molecule has 0 amide bonds. The summed E-state index contributed by atoms with van der Waals surface area (Å²) in [5.74, 6) is 2.28. The van der Waals surface area contributed by atoms with Gasteiger partial charge in [0.05, 0.1) is 38.1 Å². The van der Waals surface area contributed by atoms with Crippen LogP contribution >= 0.6 is 0 Å². The number of nitrogens with zero attached hydrogens (tertiary/aromatic N) is 3. The van der Waals surface area contributed by atoms with Crippen LogP contribution in [0.3, 0.4) is 0 Å². The molecule has 0 aliphatic heterocycles. The number of hydrogen-bond acceptors (Lipinski definition) is 5. The Morgan fingerprint density at radius 2 is 1.92 bits per heavy atom. The van der Waals surface area contributed by atoms with Crippen molar-refractivity contribution < 1.29 is 9.47 Å². The Morgan fingerprint density at radius 1 is 1.12 bits per heavy atom. The second-order valence-electron chi connectivity index (χ2n) is 5.75. The lowest BCUT2D eigenvalue weighted by Gasteiger charge is -2.13. The van der Waals surface area contributed by atoms with E-state index in [1.807, 2.05) is 41.1 Å². The van der Waals surface area contributed by atoms with Gasteiger partial charge in [-0.1, -0.05) is 6.07 Å². The summed E-state index contributed by atoms with van der Waals surface area (Å²) in [6, 6.07) is 11.7. The molecule has 2 aromatic heterocycles. The molecule has 0 saturated heterocycles. The van der Waals surface area contributed by atoms with Crippen LogP contribution in [0.25, 0.3) is 16.7 Å². The number of fused-ring (bicyclic) bond motifs is 1. The molecule has 0 unspecified atom stereocenters. The zero-order valence-corrected chi connectivity index (χ0v) is 14.6. The van der Waals surface area contributed by atoms with Gasteiger partial charge in [-0.05, 0) is 30.3 Å². The van der Waals surface area contributed by atoms with Crippen molar-refractivity contribution in [2.75, 3.05) is 19.5 Å². The molecule has 0 spiro atoms. The Balaban J connectivity index is 1.59. The predicted octanol–water partition coefficient (Wildman–Crippen LogP) is 3.38. The molecule has 0 atom stereocenters. The Morgan fingerprint density at radius 3 is 2.62 bits per heavy atom. The van der Waals surface area contributed by atoms with Crippen molar-refractivity contribution in [2.24, 2.45) is 0 Å². The number of imidazole rings is 2. The predicted molar refractivity (Wildman–Crippen MR) is 100 cm³/mol. The van der Waals surface area contributed by atoms with Crippen LogP contribution in [0.5, 0.6) is 11.5 Å². The number of aromatic nitrogens is 4. The van der Waals surface area contributed by atoms with Gasteiger partial charge in [-0.3, -0.25) is 0 Å². The van der Waals surface area contributed by atoms with Crippen LogP contribution in [0.4, 0.5) is 5.69 Å². The van der Waals surface area contributed by atoms with Crippen molar-refractivity contribution in [1.29, 1.82) is 0 Å². The Kier molecular flexibility index (Phi) is 4.18. The highest BCUT2D eigenvalue weighted by Gasteiger charge is 2.11. The maximum Gasteiger partial charge on any atom is 0.145 e. The first-order valence-corrected chi connectivity index (χ1v) is 8.20. The lowest BCUT2D eigenvalue weighted by atomic mass is 10.2. The minimum absolute atomic E-state index is 0.520. The summed E-state index contributed by atoms with van der Waals surface area (Å²) in [6.45, 7) is 0.520. The van der Waals surface area contributed by atoms with Crippen molar-refractivity contribution in [1.82, 2.24) is 19.5 Å². The Hall–Kier alpha value is -3.48. The van der Waals surface area contributed by atoms with Crippen LogP contribution in [0.2, 0.25) is 0 Å². The van der Waals surface area contributed by atoms with Gasteiger partial charge in [-0.25, -0.2) is 9.97 Å². The lowest BCUT2D eigenvalue weighted by Crippen LogP contribution is -2.04. The third-order valence-corrected chi connectivity index (χ3v) is 4.18. The number of aromatic amines is 1. The van der Waals surface area contributed by atoms with Crippen LogP contribution in [-0.4, -0.2) is 33.7 Å². The molecule has 26 heavy (non-hydrogen) atoms. The normalized spacial score (nSPS) is 10.8. The molecule has 0 aliphatic rings. The number of H-pyrrole nitrogens is 1. The summed E-state index contributed by atoms with van der Waals surface area (Å²) in [5, 5.41) is 3.34. The maximum absolute atomic E-state index is 5.41. The number of ether oxygens (including phenoxy) is 2. The van der Waals surface area contributed by atoms with Gasteiger partial charge < -0.3 is 24.3 Å². The van der Waals surface area contributed by atoms with Gasteiger partial charge in [0.2, 0.25) is 0 Å². The molecular weight excluding hydrogens is 330 g/mol. The number of nitrogens with one attached hydrogen (secondary N) is 2. The van der Waals surface area contributed by atoms with Gasteiger partial charge in [0, 0.05) is 18.1 Å². The average Bonchev–Trinajstić information content (AvgIpc) is 3.34. The minimum Gasteiger partial charge on any atom is -0.494 e. The molecule has 7 nitrogen and oxygen atoms in total. The van der Waals surface area contributed by atoms with E-state index < -0.39 is 0 Å². The van der Waals surface area contributed by atoms with Crippen molar-refractivity contribution in [3.63, 3.8) is 0 Å². The molecule has 0 saturated carbocycles. The topological polar surface area (TPSA) is 77.0 Å². The molecule has 4 rings (SSSR count). The maximum atomic E-state index is 5.41. The van der Waals surface area contributed by atoms with E-state index in [9.17, 15) is 0 Å².